The van der Waals surface area contributed by atoms with E-state index < -0.39 is 15.1 Å². The summed E-state index contributed by atoms with van der Waals surface area (Å²) in [5.41, 5.74) is 1.27. The molecule has 0 saturated heterocycles. The predicted octanol–water partition coefficient (Wildman–Crippen LogP) is 3.44. The molecular weight excluding hydrogens is 374 g/mol. The normalized spacial score (nSPS) is 12.9. The van der Waals surface area contributed by atoms with Crippen molar-refractivity contribution in [3.05, 3.63) is 46.2 Å². The Morgan fingerprint density at radius 3 is 2.58 bits per heavy atom. The summed E-state index contributed by atoms with van der Waals surface area (Å²) >= 11 is 1.46. The third-order valence-corrected chi connectivity index (χ3v) is 6.95. The number of nitrogens with zero attached hydrogens (tertiary/aromatic N) is 3. The molecule has 1 aromatic carbocycles. The first-order valence-electron chi connectivity index (χ1n) is 8.05. The third kappa shape index (κ3) is 3.94. The van der Waals surface area contributed by atoms with Gasteiger partial charge >= 0.3 is 0 Å². The Balaban J connectivity index is 1.78. The van der Waals surface area contributed by atoms with Gasteiger partial charge in [-0.3, -0.25) is 0 Å². The summed E-state index contributed by atoms with van der Waals surface area (Å²) in [5.74, 6) is 0.974. The van der Waals surface area contributed by atoms with Crippen molar-refractivity contribution >= 4 is 21.2 Å². The van der Waals surface area contributed by atoms with Crippen molar-refractivity contribution in [1.82, 2.24) is 15.1 Å². The molecule has 0 saturated carbocycles. The van der Waals surface area contributed by atoms with E-state index in [0.29, 0.717) is 17.3 Å². The molecule has 3 rings (SSSR count). The number of hydrogen-bond acceptors (Lipinski definition) is 8. The van der Waals surface area contributed by atoms with Crippen LogP contribution < -0.4 is 4.74 Å². The molecule has 0 aliphatic heterocycles. The quantitative estimate of drug-likeness (QED) is 0.607. The van der Waals surface area contributed by atoms with E-state index in [1.165, 1.54) is 11.3 Å². The maximum absolute atomic E-state index is 12.6. The van der Waals surface area contributed by atoms with Crippen LogP contribution in [0.3, 0.4) is 0 Å². The average molecular weight is 393 g/mol. The summed E-state index contributed by atoms with van der Waals surface area (Å²) < 4.78 is 35.6. The molecule has 26 heavy (non-hydrogen) atoms. The van der Waals surface area contributed by atoms with E-state index in [-0.39, 0.29) is 11.6 Å². The first-order valence-corrected chi connectivity index (χ1v) is 10.6. The van der Waals surface area contributed by atoms with Gasteiger partial charge in [-0.2, -0.15) is 4.98 Å². The molecule has 0 spiro atoms. The zero-order chi connectivity index (χ0) is 18.7. The van der Waals surface area contributed by atoms with E-state index >= 15 is 0 Å². The van der Waals surface area contributed by atoms with E-state index in [2.05, 4.69) is 15.1 Å². The lowest BCUT2D eigenvalue weighted by atomic mass is 10.2. The van der Waals surface area contributed by atoms with Crippen LogP contribution in [0.1, 0.15) is 35.7 Å². The molecule has 1 atom stereocenters. The van der Waals surface area contributed by atoms with Gasteiger partial charge in [0.05, 0.1) is 23.6 Å². The first-order chi connectivity index (χ1) is 12.4. The van der Waals surface area contributed by atoms with Gasteiger partial charge in [0.2, 0.25) is 11.7 Å². The highest BCUT2D eigenvalue weighted by Gasteiger charge is 2.29. The Labute approximate surface area is 156 Å². The maximum Gasteiger partial charge on any atom is 0.245 e. The Kier molecular flexibility index (Phi) is 5.38. The van der Waals surface area contributed by atoms with Crippen LogP contribution in [0.25, 0.3) is 11.4 Å². The lowest BCUT2D eigenvalue weighted by molar-refractivity contribution is 0.377. The molecule has 0 fully saturated rings. The van der Waals surface area contributed by atoms with E-state index in [1.807, 2.05) is 6.92 Å². The Morgan fingerprint density at radius 1 is 1.23 bits per heavy atom. The number of rotatable bonds is 7. The molecule has 0 bridgehead atoms. The number of hydrogen-bond donors (Lipinski definition) is 0. The summed E-state index contributed by atoms with van der Waals surface area (Å²) in [5, 5.41) is 5.68. The zero-order valence-corrected chi connectivity index (χ0v) is 16.3. The van der Waals surface area contributed by atoms with Crippen LogP contribution in [0.15, 0.2) is 34.2 Å². The van der Waals surface area contributed by atoms with Crippen molar-refractivity contribution in [2.24, 2.45) is 0 Å². The highest BCUT2D eigenvalue weighted by Crippen LogP contribution is 2.27. The van der Waals surface area contributed by atoms with Crippen LogP contribution >= 0.6 is 11.3 Å². The molecule has 0 aliphatic carbocycles. The largest absolute Gasteiger partial charge is 0.497 e. The summed E-state index contributed by atoms with van der Waals surface area (Å²) in [6.45, 7) is 3.53. The highest BCUT2D eigenvalue weighted by atomic mass is 32.2. The number of aromatic nitrogens is 3. The summed E-state index contributed by atoms with van der Waals surface area (Å²) in [6.07, 6.45) is 0.787. The van der Waals surface area contributed by atoms with Crippen LogP contribution in [0.2, 0.25) is 0 Å². The lowest BCUT2D eigenvalue weighted by Gasteiger charge is -2.07. The van der Waals surface area contributed by atoms with Crippen molar-refractivity contribution in [2.75, 3.05) is 7.11 Å². The van der Waals surface area contributed by atoms with E-state index in [9.17, 15) is 8.42 Å². The number of benzene rings is 1. The molecule has 2 aromatic heterocycles. The third-order valence-electron chi connectivity index (χ3n) is 3.93. The number of sulfone groups is 1. The number of methoxy groups -OCH3 is 1. The van der Waals surface area contributed by atoms with Crippen molar-refractivity contribution in [1.29, 1.82) is 0 Å². The maximum atomic E-state index is 12.6. The highest BCUT2D eigenvalue weighted by molar-refractivity contribution is 7.90. The zero-order valence-electron chi connectivity index (χ0n) is 14.7. The second-order valence-electron chi connectivity index (χ2n) is 5.72. The molecule has 138 valence electrons. The monoisotopic (exact) mass is 393 g/mol. The molecule has 2 heterocycles. The van der Waals surface area contributed by atoms with Crippen molar-refractivity contribution in [2.45, 2.75) is 31.3 Å². The van der Waals surface area contributed by atoms with Crippen LogP contribution in [0.4, 0.5) is 0 Å². The molecule has 0 radical (unpaired) electrons. The fourth-order valence-electron chi connectivity index (χ4n) is 2.32. The number of thiazole rings is 1. The molecule has 0 amide bonds. The second-order valence-corrected chi connectivity index (χ2v) is 8.98. The number of aryl methyl sites for hydroxylation is 1. The topological polar surface area (TPSA) is 95.2 Å². The molecular formula is C17H19N3O4S2. The minimum atomic E-state index is -3.51. The van der Waals surface area contributed by atoms with Gasteiger partial charge < -0.3 is 9.26 Å². The molecule has 9 heteroatoms. The van der Waals surface area contributed by atoms with Gasteiger partial charge in [0.15, 0.2) is 9.84 Å². The Morgan fingerprint density at radius 2 is 1.96 bits per heavy atom. The number of ether oxygens (including phenoxy) is 1. The van der Waals surface area contributed by atoms with Crippen molar-refractivity contribution in [3.63, 3.8) is 0 Å². The van der Waals surface area contributed by atoms with Crippen LogP contribution in [-0.2, 0) is 22.0 Å². The Bertz CT molecular complexity index is 978. The SMILES string of the molecule is CCc1nc(CS(=O)(=O)C(C)c2nc(-c3ccc(OC)cc3)no2)cs1. The molecule has 1 unspecified atom stereocenters. The minimum absolute atomic E-state index is 0.0711. The van der Waals surface area contributed by atoms with E-state index in [1.54, 1.807) is 43.7 Å². The van der Waals surface area contributed by atoms with Crippen LogP contribution in [0, 0.1) is 0 Å². The molecule has 3 aromatic rings. The summed E-state index contributed by atoms with van der Waals surface area (Å²) in [4.78, 5) is 8.57. The van der Waals surface area contributed by atoms with Gasteiger partial charge in [-0.1, -0.05) is 12.1 Å². The fourth-order valence-corrected chi connectivity index (χ4v) is 4.38. The standard InChI is InChI=1S/C17H19N3O4S2/c1-4-15-18-13(9-25-15)10-26(21,22)11(2)17-19-16(20-24-17)12-5-7-14(23-3)8-6-12/h5-9,11H,4,10H2,1-3H3. The summed E-state index contributed by atoms with van der Waals surface area (Å²) in [7, 11) is -1.93. The van der Waals surface area contributed by atoms with Gasteiger partial charge in [0.1, 0.15) is 11.0 Å². The minimum Gasteiger partial charge on any atom is -0.497 e. The van der Waals surface area contributed by atoms with Gasteiger partial charge in [0.25, 0.3) is 0 Å². The first kappa shape index (κ1) is 18.5. The molecule has 7 nitrogen and oxygen atoms in total. The molecule has 0 N–H and O–H groups in total. The smallest absolute Gasteiger partial charge is 0.245 e. The Hall–Kier alpha value is -2.26. The van der Waals surface area contributed by atoms with Gasteiger partial charge in [0, 0.05) is 10.9 Å². The molecule has 0 aliphatic rings. The van der Waals surface area contributed by atoms with Crippen LogP contribution in [-0.4, -0.2) is 30.7 Å². The van der Waals surface area contributed by atoms with Gasteiger partial charge in [-0.05, 0) is 37.6 Å². The van der Waals surface area contributed by atoms with Gasteiger partial charge in [-0.15, -0.1) is 11.3 Å². The lowest BCUT2D eigenvalue weighted by Crippen LogP contribution is -2.13. The summed E-state index contributed by atoms with van der Waals surface area (Å²) in [6, 6.07) is 7.13. The predicted molar refractivity (Wildman–Crippen MR) is 98.8 cm³/mol. The van der Waals surface area contributed by atoms with Crippen molar-refractivity contribution < 1.29 is 17.7 Å². The van der Waals surface area contributed by atoms with E-state index in [0.717, 1.165) is 17.0 Å². The second kappa shape index (κ2) is 7.55. The van der Waals surface area contributed by atoms with Crippen molar-refractivity contribution in [3.8, 4) is 17.1 Å². The van der Waals surface area contributed by atoms with Gasteiger partial charge in [-0.25, -0.2) is 13.4 Å². The van der Waals surface area contributed by atoms with E-state index in [4.69, 9.17) is 9.26 Å². The van der Waals surface area contributed by atoms with Crippen LogP contribution in [0.5, 0.6) is 5.75 Å². The fraction of sp³-hybridized carbons (Fsp3) is 0.353. The average Bonchev–Trinajstić information content (AvgIpc) is 3.30.